The minimum Gasteiger partial charge on any atom is -0.456 e. The lowest BCUT2D eigenvalue weighted by Crippen LogP contribution is -2.10. The topological polar surface area (TPSA) is 38.3 Å². The second-order valence-electron chi connectivity index (χ2n) is 15.7. The first kappa shape index (κ1) is 31.1. The highest BCUT2D eigenvalue weighted by molar-refractivity contribution is 6.25. The van der Waals surface area contributed by atoms with E-state index < -0.39 is 0 Å². The number of hydrogen-bond donors (Lipinski definition) is 0. The Morgan fingerprint density at radius 1 is 0.322 bits per heavy atom. The van der Waals surface area contributed by atoms with Gasteiger partial charge in [-0.15, -0.1) is 0 Å². The van der Waals surface area contributed by atoms with E-state index in [1.807, 2.05) is 24.3 Å². The molecular weight excluding hydrogens is 723 g/mol. The zero-order valence-corrected chi connectivity index (χ0v) is 31.6. The van der Waals surface area contributed by atoms with Crippen LogP contribution in [0.5, 0.6) is 0 Å². The summed E-state index contributed by atoms with van der Waals surface area (Å²) in [5.74, 6) is 0. The lowest BCUT2D eigenvalue weighted by Gasteiger charge is -2.26. The molecule has 274 valence electrons. The van der Waals surface area contributed by atoms with Crippen LogP contribution in [0.1, 0.15) is 0 Å². The van der Waals surface area contributed by atoms with Gasteiger partial charge in [-0.05, 0) is 72.3 Å². The third-order valence-corrected chi connectivity index (χ3v) is 12.6. The fourth-order valence-electron chi connectivity index (χ4n) is 10.1. The molecule has 5 aromatic heterocycles. The van der Waals surface area contributed by atoms with E-state index >= 15 is 0 Å². The molecule has 5 heteroatoms. The van der Waals surface area contributed by atoms with Crippen LogP contribution in [0.15, 0.2) is 197 Å². The van der Waals surface area contributed by atoms with Gasteiger partial charge < -0.3 is 22.5 Å². The fourth-order valence-corrected chi connectivity index (χ4v) is 10.1. The molecule has 5 heterocycles. The second kappa shape index (κ2) is 11.3. The van der Waals surface area contributed by atoms with E-state index in [2.05, 4.69) is 177 Å². The zero-order valence-electron chi connectivity index (χ0n) is 31.6. The lowest BCUT2D eigenvalue weighted by molar-refractivity contribution is 0.669. The Hall–Kier alpha value is -8.02. The molecule has 0 radical (unpaired) electrons. The first-order valence-electron chi connectivity index (χ1n) is 20.1. The van der Waals surface area contributed by atoms with E-state index in [0.717, 1.165) is 83.1 Å². The third kappa shape index (κ3) is 4.13. The Bertz CT molecular complexity index is 4030. The van der Waals surface area contributed by atoms with Crippen LogP contribution >= 0.6 is 0 Å². The molecule has 5 nitrogen and oxygen atoms in total. The van der Waals surface area contributed by atoms with Crippen LogP contribution in [0.25, 0.3) is 110 Å². The zero-order chi connectivity index (χ0) is 38.3. The molecule has 0 aliphatic carbocycles. The van der Waals surface area contributed by atoms with Gasteiger partial charge >= 0.3 is 0 Å². The molecule has 0 bridgehead atoms. The summed E-state index contributed by atoms with van der Waals surface area (Å²) in [5, 5.41) is 9.51. The van der Waals surface area contributed by atoms with Gasteiger partial charge in [-0.25, -0.2) is 0 Å². The molecule has 0 amide bonds. The molecule has 0 spiro atoms. The van der Waals surface area contributed by atoms with Crippen LogP contribution < -0.4 is 4.90 Å². The van der Waals surface area contributed by atoms with E-state index in [1.165, 1.54) is 43.6 Å². The van der Waals surface area contributed by atoms with E-state index in [1.54, 1.807) is 0 Å². The van der Waals surface area contributed by atoms with Crippen molar-refractivity contribution in [3.63, 3.8) is 0 Å². The summed E-state index contributed by atoms with van der Waals surface area (Å²) in [4.78, 5) is 2.35. The molecule has 0 saturated heterocycles. The van der Waals surface area contributed by atoms with Crippen molar-refractivity contribution in [3.8, 4) is 11.1 Å². The van der Waals surface area contributed by atoms with Gasteiger partial charge in [-0.1, -0.05) is 115 Å². The van der Waals surface area contributed by atoms with Crippen molar-refractivity contribution in [3.05, 3.63) is 188 Å². The van der Waals surface area contributed by atoms with Crippen molar-refractivity contribution >= 4 is 116 Å². The highest BCUT2D eigenvalue weighted by Gasteiger charge is 2.23. The number of fused-ring (bicyclic) bond motifs is 15. The number of nitrogens with zero attached hydrogens (tertiary/aromatic N) is 3. The third-order valence-electron chi connectivity index (χ3n) is 12.6. The van der Waals surface area contributed by atoms with Crippen LogP contribution in [0.2, 0.25) is 0 Å². The highest BCUT2D eigenvalue weighted by atomic mass is 16.3. The summed E-state index contributed by atoms with van der Waals surface area (Å²) in [6.07, 6.45) is 0. The van der Waals surface area contributed by atoms with Crippen LogP contribution in [-0.4, -0.2) is 8.80 Å². The van der Waals surface area contributed by atoms with Gasteiger partial charge in [-0.3, -0.25) is 0 Å². The molecule has 9 aromatic carbocycles. The maximum atomic E-state index is 6.48. The minimum absolute atomic E-state index is 0.855. The van der Waals surface area contributed by atoms with E-state index in [0.29, 0.717) is 0 Å². The quantitative estimate of drug-likeness (QED) is 0.168. The fraction of sp³-hybridized carbons (Fsp3) is 0. The van der Waals surface area contributed by atoms with Gasteiger partial charge in [0.15, 0.2) is 0 Å². The molecule has 0 atom stereocenters. The predicted octanol–water partition coefficient (Wildman–Crippen LogP) is 15.2. The highest BCUT2D eigenvalue weighted by Crippen LogP contribution is 2.45. The number of para-hydroxylation sites is 5. The van der Waals surface area contributed by atoms with Crippen molar-refractivity contribution in [1.82, 2.24) is 8.80 Å². The Labute approximate surface area is 336 Å². The normalized spacial score (nSPS) is 12.4. The largest absolute Gasteiger partial charge is 0.456 e. The van der Waals surface area contributed by atoms with Gasteiger partial charge in [0.2, 0.25) is 0 Å². The average Bonchev–Trinajstić information content (AvgIpc) is 4.04. The second-order valence-corrected chi connectivity index (χ2v) is 15.7. The summed E-state index contributed by atoms with van der Waals surface area (Å²) in [6.45, 7) is 0. The van der Waals surface area contributed by atoms with Crippen molar-refractivity contribution in [2.45, 2.75) is 0 Å². The summed E-state index contributed by atoms with van der Waals surface area (Å²) in [7, 11) is 0. The maximum Gasteiger partial charge on any atom is 0.143 e. The lowest BCUT2D eigenvalue weighted by atomic mass is 10.0. The molecule has 0 fully saturated rings. The van der Waals surface area contributed by atoms with Crippen molar-refractivity contribution in [2.24, 2.45) is 0 Å². The molecule has 0 saturated carbocycles. The van der Waals surface area contributed by atoms with E-state index in [4.69, 9.17) is 8.83 Å². The molecule has 14 rings (SSSR count). The summed E-state index contributed by atoms with van der Waals surface area (Å²) >= 11 is 0. The van der Waals surface area contributed by atoms with Gasteiger partial charge in [0.25, 0.3) is 0 Å². The smallest absolute Gasteiger partial charge is 0.143 e. The SMILES string of the molecule is c1ccc2c(c1)oc1cc(N(c3ccc(-c4cccc5c4oc4ccccc45)cc3)c3ccc4c(c3)n3c5ccccc5c5ccc6c7ccccc7n4c6c53)ccc12. The number of hydrogen-bond acceptors (Lipinski definition) is 3. The first-order valence-corrected chi connectivity index (χ1v) is 20.1. The number of benzene rings is 9. The van der Waals surface area contributed by atoms with Crippen LogP contribution in [0.4, 0.5) is 17.1 Å². The minimum atomic E-state index is 0.855. The van der Waals surface area contributed by atoms with Gasteiger partial charge in [0.1, 0.15) is 22.3 Å². The number of anilines is 3. The first-order chi connectivity index (χ1) is 29.3. The Kier molecular flexibility index (Phi) is 5.96. The van der Waals surface area contributed by atoms with E-state index in [-0.39, 0.29) is 0 Å². The number of aromatic nitrogens is 2. The van der Waals surface area contributed by atoms with Crippen LogP contribution in [0, 0.1) is 0 Å². The van der Waals surface area contributed by atoms with Crippen molar-refractivity contribution in [2.75, 3.05) is 4.90 Å². The summed E-state index contributed by atoms with van der Waals surface area (Å²) in [5.41, 5.74) is 16.0. The van der Waals surface area contributed by atoms with Crippen molar-refractivity contribution < 1.29 is 8.83 Å². The van der Waals surface area contributed by atoms with Gasteiger partial charge in [0, 0.05) is 71.8 Å². The van der Waals surface area contributed by atoms with Crippen molar-refractivity contribution in [1.29, 1.82) is 0 Å². The molecule has 59 heavy (non-hydrogen) atoms. The standard InChI is InChI=1S/C54H31N3O2/c1-5-16-45-37(10-1)42-27-28-43-38-11-2-6-17-46(38)57-48-30-34(25-29-47(48)56(45)52(42)53(43)57)55(35-24-26-41-39-12-3-7-18-49(39)58-51(41)31-35)33-22-20-32(21-23-33)36-14-9-15-44-40-13-4-8-19-50(40)59-54(36)44/h1-31H. The summed E-state index contributed by atoms with van der Waals surface area (Å²) < 4.78 is 17.9. The Morgan fingerprint density at radius 3 is 1.58 bits per heavy atom. The predicted molar refractivity (Wildman–Crippen MR) is 244 cm³/mol. The monoisotopic (exact) mass is 753 g/mol. The number of furan rings is 2. The molecule has 0 aliphatic rings. The Morgan fingerprint density at radius 2 is 0.847 bits per heavy atom. The maximum absolute atomic E-state index is 6.48. The van der Waals surface area contributed by atoms with Crippen LogP contribution in [0.3, 0.4) is 0 Å². The molecule has 0 aliphatic heterocycles. The van der Waals surface area contributed by atoms with E-state index in [9.17, 15) is 0 Å². The summed E-state index contributed by atoms with van der Waals surface area (Å²) in [6, 6.07) is 67.6. The molecule has 0 N–H and O–H groups in total. The van der Waals surface area contributed by atoms with Gasteiger partial charge in [0.05, 0.1) is 33.1 Å². The Balaban J connectivity index is 1.03. The average molecular weight is 754 g/mol. The van der Waals surface area contributed by atoms with Gasteiger partial charge in [-0.2, -0.15) is 0 Å². The molecular formula is C54H31N3O2. The molecule has 14 aromatic rings. The van der Waals surface area contributed by atoms with Crippen LogP contribution in [-0.2, 0) is 0 Å². The molecule has 0 unspecified atom stereocenters. The number of rotatable bonds is 4.